The molecule has 186 valence electrons. The molecule has 0 aliphatic heterocycles. The first-order valence-electron chi connectivity index (χ1n) is 10.4. The van der Waals surface area contributed by atoms with Crippen LogP contribution in [-0.2, 0) is 27.3 Å². The third-order valence-corrected chi connectivity index (χ3v) is 6.25. The van der Waals surface area contributed by atoms with Gasteiger partial charge in [-0.2, -0.15) is 18.3 Å². The van der Waals surface area contributed by atoms with Gasteiger partial charge in [-0.05, 0) is 37.5 Å². The van der Waals surface area contributed by atoms with E-state index in [2.05, 4.69) is 15.2 Å². The molecule has 14 heteroatoms. The molecule has 0 saturated heterocycles. The number of ketones is 1. The van der Waals surface area contributed by atoms with Gasteiger partial charge in [0.25, 0.3) is 0 Å². The van der Waals surface area contributed by atoms with Crippen LogP contribution in [0.2, 0.25) is 0 Å². The van der Waals surface area contributed by atoms with Gasteiger partial charge in [0, 0.05) is 17.7 Å². The van der Waals surface area contributed by atoms with E-state index in [1.807, 2.05) is 0 Å². The maximum Gasteiger partial charge on any atom is 0.416 e. The summed E-state index contributed by atoms with van der Waals surface area (Å²) in [7, 11) is -3.86. The Kier molecular flexibility index (Phi) is 6.25. The average molecular weight is 512 g/mol. The van der Waals surface area contributed by atoms with Crippen molar-refractivity contribution in [3.8, 4) is 0 Å². The first-order valence-corrected chi connectivity index (χ1v) is 12.3. The van der Waals surface area contributed by atoms with E-state index in [1.54, 1.807) is 6.92 Å². The van der Waals surface area contributed by atoms with Crippen LogP contribution < -0.4 is 0 Å². The molecule has 3 aromatic rings. The molecule has 1 saturated carbocycles. The fourth-order valence-electron chi connectivity index (χ4n) is 3.55. The predicted octanol–water partition coefficient (Wildman–Crippen LogP) is 3.02. The topological polar surface area (TPSA) is 134 Å². The number of aromatic nitrogens is 4. The Morgan fingerprint density at radius 2 is 1.97 bits per heavy atom. The third-order valence-electron chi connectivity index (χ3n) is 5.27. The smallest absolute Gasteiger partial charge is 0.416 e. The van der Waals surface area contributed by atoms with Crippen molar-refractivity contribution in [1.29, 1.82) is 0 Å². The first kappa shape index (κ1) is 24.6. The number of sulfone groups is 1. The lowest BCUT2D eigenvalue weighted by Gasteiger charge is -2.14. The molecule has 4 rings (SSSR count). The van der Waals surface area contributed by atoms with Crippen LogP contribution in [-0.4, -0.2) is 53.0 Å². The summed E-state index contributed by atoms with van der Waals surface area (Å²) >= 11 is 0. The molecule has 0 unspecified atom stereocenters. The van der Waals surface area contributed by atoms with Gasteiger partial charge in [0.05, 0.1) is 18.7 Å². The van der Waals surface area contributed by atoms with Crippen molar-refractivity contribution < 1.29 is 40.4 Å². The van der Waals surface area contributed by atoms with E-state index < -0.39 is 45.0 Å². The van der Waals surface area contributed by atoms with Gasteiger partial charge in [0.1, 0.15) is 11.9 Å². The van der Waals surface area contributed by atoms with Gasteiger partial charge in [-0.15, -0.1) is 0 Å². The Balaban J connectivity index is 1.85. The van der Waals surface area contributed by atoms with E-state index in [0.717, 1.165) is 35.5 Å². The van der Waals surface area contributed by atoms with Crippen molar-refractivity contribution >= 4 is 21.6 Å². The zero-order valence-electron chi connectivity index (χ0n) is 18.5. The van der Waals surface area contributed by atoms with E-state index in [-0.39, 0.29) is 40.7 Å². The molecule has 1 aromatic carbocycles. The summed E-state index contributed by atoms with van der Waals surface area (Å²) in [6.45, 7) is 1.06. The lowest BCUT2D eigenvalue weighted by atomic mass is 9.94. The number of ether oxygens (including phenoxy) is 1. The molecular formula is C21H19F3N4O6S. The number of rotatable bonds is 8. The fraction of sp³-hybridized carbons (Fsp3) is 0.381. The highest BCUT2D eigenvalue weighted by atomic mass is 32.2. The summed E-state index contributed by atoms with van der Waals surface area (Å²) < 4.78 is 75.4. The number of benzene rings is 1. The molecule has 10 nitrogen and oxygen atoms in total. The van der Waals surface area contributed by atoms with Crippen LogP contribution in [0, 0.1) is 0 Å². The summed E-state index contributed by atoms with van der Waals surface area (Å²) in [4.78, 5) is 29.7. The van der Waals surface area contributed by atoms with Crippen molar-refractivity contribution in [3.05, 3.63) is 58.2 Å². The van der Waals surface area contributed by atoms with Gasteiger partial charge in [-0.3, -0.25) is 4.79 Å². The van der Waals surface area contributed by atoms with Crippen molar-refractivity contribution in [1.82, 2.24) is 19.9 Å². The van der Waals surface area contributed by atoms with Gasteiger partial charge >= 0.3 is 12.1 Å². The van der Waals surface area contributed by atoms with E-state index >= 15 is 0 Å². The largest absolute Gasteiger partial charge is 0.461 e. The number of carbonyl (C=O) groups is 2. The van der Waals surface area contributed by atoms with Crippen molar-refractivity contribution in [3.63, 3.8) is 0 Å². The van der Waals surface area contributed by atoms with E-state index in [4.69, 9.17) is 9.26 Å². The summed E-state index contributed by atoms with van der Waals surface area (Å²) in [6.07, 6.45) is -1.54. The predicted molar refractivity (Wildman–Crippen MR) is 112 cm³/mol. The highest BCUT2D eigenvalue weighted by molar-refractivity contribution is 7.90. The Morgan fingerprint density at radius 3 is 2.57 bits per heavy atom. The van der Waals surface area contributed by atoms with Crippen LogP contribution in [0.4, 0.5) is 13.2 Å². The minimum absolute atomic E-state index is 0.00415. The molecule has 0 N–H and O–H groups in total. The molecular weight excluding hydrogens is 493 g/mol. The number of alkyl halides is 3. The number of halogens is 3. The summed E-state index contributed by atoms with van der Waals surface area (Å²) in [5.41, 5.74) is -2.00. The number of nitrogens with zero attached hydrogens (tertiary/aromatic N) is 4. The van der Waals surface area contributed by atoms with E-state index in [0.29, 0.717) is 12.8 Å². The second kappa shape index (κ2) is 8.91. The third kappa shape index (κ3) is 4.97. The van der Waals surface area contributed by atoms with Gasteiger partial charge < -0.3 is 9.26 Å². The van der Waals surface area contributed by atoms with Crippen LogP contribution >= 0.6 is 0 Å². The SMILES string of the molecule is CCOC(=O)c1noc(C2CC2)c1C(=O)c1ccc(C(F)(F)F)cc1Cn1ncnc1S(C)(=O)=O. The van der Waals surface area contributed by atoms with Crippen LogP contribution in [0.25, 0.3) is 0 Å². The molecule has 0 atom stereocenters. The molecule has 0 amide bonds. The molecule has 0 spiro atoms. The minimum Gasteiger partial charge on any atom is -0.461 e. The molecule has 1 fully saturated rings. The van der Waals surface area contributed by atoms with Gasteiger partial charge in [-0.25, -0.2) is 22.9 Å². The highest BCUT2D eigenvalue weighted by Gasteiger charge is 2.39. The first-order chi connectivity index (χ1) is 16.4. The van der Waals surface area contributed by atoms with Crippen molar-refractivity contribution in [2.75, 3.05) is 12.9 Å². The van der Waals surface area contributed by atoms with E-state index in [9.17, 15) is 31.2 Å². The number of hydrogen-bond acceptors (Lipinski definition) is 9. The van der Waals surface area contributed by atoms with Gasteiger partial charge in [0.15, 0.2) is 11.5 Å². The summed E-state index contributed by atoms with van der Waals surface area (Å²) in [5, 5.41) is 7.00. The molecule has 1 aliphatic carbocycles. The van der Waals surface area contributed by atoms with Crippen LogP contribution in [0.3, 0.4) is 0 Å². The average Bonchev–Trinajstić information content (AvgIpc) is 3.33. The minimum atomic E-state index is -4.73. The number of carbonyl (C=O) groups excluding carboxylic acids is 2. The normalized spacial score (nSPS) is 14.2. The number of hydrogen-bond donors (Lipinski definition) is 0. The Bertz CT molecular complexity index is 1410. The highest BCUT2D eigenvalue weighted by Crippen LogP contribution is 2.43. The van der Waals surface area contributed by atoms with Gasteiger partial charge in [-0.1, -0.05) is 11.2 Å². The lowest BCUT2D eigenvalue weighted by molar-refractivity contribution is -0.137. The maximum absolute atomic E-state index is 13.6. The molecule has 0 radical (unpaired) electrons. The second-order valence-electron chi connectivity index (χ2n) is 7.94. The van der Waals surface area contributed by atoms with Crippen LogP contribution in [0.1, 0.15) is 69.0 Å². The molecule has 2 aromatic heterocycles. The second-order valence-corrected chi connectivity index (χ2v) is 9.85. The van der Waals surface area contributed by atoms with Gasteiger partial charge in [0.2, 0.25) is 20.7 Å². The maximum atomic E-state index is 13.6. The molecule has 35 heavy (non-hydrogen) atoms. The van der Waals surface area contributed by atoms with Crippen molar-refractivity contribution in [2.24, 2.45) is 0 Å². The van der Waals surface area contributed by atoms with E-state index in [1.165, 1.54) is 0 Å². The zero-order chi connectivity index (χ0) is 25.5. The zero-order valence-corrected chi connectivity index (χ0v) is 19.3. The Hall–Kier alpha value is -3.55. The quantitative estimate of drug-likeness (QED) is 0.330. The van der Waals surface area contributed by atoms with Crippen LogP contribution in [0.15, 0.2) is 34.2 Å². The lowest BCUT2D eigenvalue weighted by Crippen LogP contribution is -2.18. The Morgan fingerprint density at radius 1 is 1.26 bits per heavy atom. The van der Waals surface area contributed by atoms with Crippen LogP contribution in [0.5, 0.6) is 0 Å². The fourth-order valence-corrected chi connectivity index (χ4v) is 4.29. The number of esters is 1. The van der Waals surface area contributed by atoms with Crippen molar-refractivity contribution in [2.45, 2.75) is 43.6 Å². The molecule has 1 aliphatic rings. The molecule has 0 bridgehead atoms. The summed E-state index contributed by atoms with van der Waals surface area (Å²) in [6, 6.07) is 2.43. The monoisotopic (exact) mass is 512 g/mol. The standard InChI is InChI=1S/C21H19F3N4O6S/c1-3-33-19(30)16-15(18(34-27-16)11-4-5-11)17(29)14-7-6-13(21(22,23)24)8-12(14)9-28-20(25-10-26-28)35(2,31)32/h6-8,10-11H,3-5,9H2,1-2H3. The Labute approximate surface area is 197 Å². The summed E-state index contributed by atoms with van der Waals surface area (Å²) in [5.74, 6) is -1.72. The molecule has 2 heterocycles.